The molecule has 0 aromatic heterocycles. The van der Waals surface area contributed by atoms with Crippen molar-refractivity contribution < 1.29 is 0 Å². The van der Waals surface area contributed by atoms with Gasteiger partial charge in [-0.25, -0.2) is 0 Å². The lowest BCUT2D eigenvalue weighted by molar-refractivity contribution is 1.28. The molecule has 0 radical (unpaired) electrons. The molecule has 0 heterocycles. The Balaban J connectivity index is 4.64. The molecule has 2 N–H and O–H groups in total. The number of nitrogens with zero attached hydrogens (tertiary/aromatic N) is 1. The van der Waals surface area contributed by atoms with Crippen molar-refractivity contribution in [3.05, 3.63) is 11.3 Å². The van der Waals surface area contributed by atoms with Gasteiger partial charge in [0.1, 0.15) is 4.62 Å². The van der Waals surface area contributed by atoms with Gasteiger partial charge in [-0.2, -0.15) is 0 Å². The second-order valence-corrected chi connectivity index (χ2v) is 2.90. The van der Waals surface area contributed by atoms with Crippen LogP contribution in [0.1, 0.15) is 13.8 Å². The lowest BCUT2D eigenvalue weighted by Crippen LogP contribution is -1.92. The zero-order chi connectivity index (χ0) is 8.85. The highest BCUT2D eigenvalue weighted by Gasteiger charge is 1.99. The molecule has 0 atom stereocenters. The minimum absolute atomic E-state index is 0.246. The first-order chi connectivity index (χ1) is 5.09. The van der Waals surface area contributed by atoms with E-state index in [2.05, 4.69) is 20.9 Å². The Morgan fingerprint density at radius 1 is 1.45 bits per heavy atom. The van der Waals surface area contributed by atoms with Gasteiger partial charge in [-0.15, -0.1) is 0 Å². The molecule has 0 spiro atoms. The van der Waals surface area contributed by atoms with E-state index >= 15 is 0 Å². The van der Waals surface area contributed by atoms with E-state index in [4.69, 9.17) is 10.8 Å². The van der Waals surface area contributed by atoms with Crippen molar-refractivity contribution in [1.29, 1.82) is 10.8 Å². The van der Waals surface area contributed by atoms with Gasteiger partial charge in [-0.1, -0.05) is 0 Å². The third-order valence-electron chi connectivity index (χ3n) is 0.960. The van der Waals surface area contributed by atoms with E-state index in [0.29, 0.717) is 5.70 Å². The number of nitrogens with one attached hydrogen (secondary N) is 2. The highest BCUT2D eigenvalue weighted by molar-refractivity contribution is 9.18. The molecule has 4 heteroatoms. The van der Waals surface area contributed by atoms with E-state index in [1.165, 1.54) is 6.21 Å². The smallest absolute Gasteiger partial charge is 0.123 e. The van der Waals surface area contributed by atoms with Crippen LogP contribution in [0.5, 0.6) is 0 Å². The van der Waals surface area contributed by atoms with Crippen molar-refractivity contribution in [1.82, 2.24) is 0 Å². The summed E-state index contributed by atoms with van der Waals surface area (Å²) in [6.45, 7) is 3.73. The van der Waals surface area contributed by atoms with Crippen LogP contribution in [0.3, 0.4) is 0 Å². The summed E-state index contributed by atoms with van der Waals surface area (Å²) in [6.07, 6.45) is 2.43. The van der Waals surface area contributed by atoms with Gasteiger partial charge in [0.25, 0.3) is 0 Å². The zero-order valence-electron chi connectivity index (χ0n) is 6.48. The normalized spacial score (nSPS) is 9.73. The average Bonchev–Trinajstić information content (AvgIpc) is 1.87. The lowest BCUT2D eigenvalue weighted by Gasteiger charge is -1.97. The van der Waals surface area contributed by atoms with Gasteiger partial charge in [0.05, 0.1) is 5.70 Å². The molecule has 0 saturated heterocycles. The summed E-state index contributed by atoms with van der Waals surface area (Å²) >= 11 is 3.01. The number of rotatable bonds is 3. The van der Waals surface area contributed by atoms with Crippen molar-refractivity contribution in [2.45, 2.75) is 13.8 Å². The summed E-state index contributed by atoms with van der Waals surface area (Å²) < 4.78 is 0.246. The molecular weight excluding hydrogens is 206 g/mol. The maximum atomic E-state index is 7.23. The van der Waals surface area contributed by atoms with Crippen LogP contribution in [-0.4, -0.2) is 17.1 Å². The van der Waals surface area contributed by atoms with E-state index in [1.807, 2.05) is 13.8 Å². The molecule has 0 aliphatic carbocycles. The Morgan fingerprint density at radius 2 is 2.00 bits per heavy atom. The SMILES string of the molecule is CC(C)=C(/N=C\C=N)C(=N)Br. The fourth-order valence-corrected chi connectivity index (χ4v) is 1.02. The van der Waals surface area contributed by atoms with E-state index in [1.54, 1.807) is 0 Å². The van der Waals surface area contributed by atoms with E-state index in [0.717, 1.165) is 11.8 Å². The maximum Gasteiger partial charge on any atom is 0.123 e. The van der Waals surface area contributed by atoms with Crippen LogP contribution in [0.2, 0.25) is 0 Å². The summed E-state index contributed by atoms with van der Waals surface area (Å²) in [5.74, 6) is 0. The highest BCUT2D eigenvalue weighted by Crippen LogP contribution is 2.09. The molecule has 0 rings (SSSR count). The van der Waals surface area contributed by atoms with Gasteiger partial charge in [0, 0.05) is 12.4 Å². The van der Waals surface area contributed by atoms with Gasteiger partial charge in [-0.05, 0) is 35.4 Å². The van der Waals surface area contributed by atoms with E-state index < -0.39 is 0 Å². The number of hydrogen-bond acceptors (Lipinski definition) is 3. The second kappa shape index (κ2) is 4.96. The summed E-state index contributed by atoms with van der Waals surface area (Å²) in [4.78, 5) is 3.88. The quantitative estimate of drug-likeness (QED) is 0.680. The van der Waals surface area contributed by atoms with Crippen molar-refractivity contribution >= 4 is 33.0 Å². The summed E-state index contributed by atoms with van der Waals surface area (Å²) in [7, 11) is 0. The molecule has 60 valence electrons. The van der Waals surface area contributed by atoms with Crippen molar-refractivity contribution in [2.75, 3.05) is 0 Å². The third-order valence-corrected chi connectivity index (χ3v) is 1.34. The Labute approximate surface area is 74.4 Å². The molecule has 0 saturated carbocycles. The standard InChI is InChI=1S/C7H10BrN3/c1-5(2)6(7(8)10)11-4-3-9/h3-4,9-10H,1-2H3/b9-3?,10-7?,11-4-. The Bertz CT molecular complexity index is 224. The summed E-state index contributed by atoms with van der Waals surface area (Å²) in [6, 6.07) is 0. The largest absolute Gasteiger partial charge is 0.307 e. The van der Waals surface area contributed by atoms with Crippen LogP contribution in [-0.2, 0) is 0 Å². The first-order valence-electron chi connectivity index (χ1n) is 3.04. The Hall–Kier alpha value is -0.770. The molecular formula is C7H10BrN3. The molecule has 0 bridgehead atoms. The Morgan fingerprint density at radius 3 is 2.27 bits per heavy atom. The van der Waals surface area contributed by atoms with Crippen molar-refractivity contribution in [3.8, 4) is 0 Å². The fraction of sp³-hybridized carbons (Fsp3) is 0.286. The number of halogens is 1. The number of hydrogen-bond donors (Lipinski definition) is 2. The molecule has 3 nitrogen and oxygen atoms in total. The Kier molecular flexibility index (Phi) is 4.61. The molecule has 0 fully saturated rings. The van der Waals surface area contributed by atoms with Crippen LogP contribution < -0.4 is 0 Å². The summed E-state index contributed by atoms with van der Waals surface area (Å²) in [5, 5.41) is 13.9. The monoisotopic (exact) mass is 215 g/mol. The molecule has 0 aromatic rings. The molecule has 0 unspecified atom stereocenters. The molecule has 0 aliphatic rings. The van der Waals surface area contributed by atoms with E-state index in [-0.39, 0.29) is 4.62 Å². The minimum atomic E-state index is 0.246. The molecule has 0 amide bonds. The summed E-state index contributed by atoms with van der Waals surface area (Å²) in [5.41, 5.74) is 1.53. The fourth-order valence-electron chi connectivity index (χ4n) is 0.517. The second-order valence-electron chi connectivity index (χ2n) is 2.11. The van der Waals surface area contributed by atoms with Crippen molar-refractivity contribution in [2.24, 2.45) is 4.99 Å². The van der Waals surface area contributed by atoms with Gasteiger partial charge in [0.15, 0.2) is 0 Å². The zero-order valence-corrected chi connectivity index (χ0v) is 8.07. The topological polar surface area (TPSA) is 60.1 Å². The van der Waals surface area contributed by atoms with Crippen molar-refractivity contribution in [3.63, 3.8) is 0 Å². The van der Waals surface area contributed by atoms with Crippen LogP contribution in [0.15, 0.2) is 16.3 Å². The highest BCUT2D eigenvalue weighted by atomic mass is 79.9. The molecule has 0 aliphatic heterocycles. The van der Waals surface area contributed by atoms with Gasteiger partial charge >= 0.3 is 0 Å². The minimum Gasteiger partial charge on any atom is -0.307 e. The van der Waals surface area contributed by atoms with E-state index in [9.17, 15) is 0 Å². The number of allylic oxidation sites excluding steroid dienone is 2. The van der Waals surface area contributed by atoms with Crippen LogP contribution in [0, 0.1) is 10.8 Å². The van der Waals surface area contributed by atoms with Crippen LogP contribution in [0.4, 0.5) is 0 Å². The average molecular weight is 216 g/mol. The van der Waals surface area contributed by atoms with Gasteiger partial charge in [0.2, 0.25) is 0 Å². The predicted octanol–water partition coefficient (Wildman–Crippen LogP) is 2.37. The number of aliphatic imine (C=N–C) groups is 1. The maximum absolute atomic E-state index is 7.23. The molecule has 11 heavy (non-hydrogen) atoms. The third kappa shape index (κ3) is 3.83. The van der Waals surface area contributed by atoms with Crippen LogP contribution in [0.25, 0.3) is 0 Å². The first-order valence-corrected chi connectivity index (χ1v) is 3.84. The van der Waals surface area contributed by atoms with Gasteiger partial charge < -0.3 is 5.41 Å². The molecule has 0 aromatic carbocycles. The van der Waals surface area contributed by atoms with Crippen LogP contribution >= 0.6 is 15.9 Å². The predicted molar refractivity (Wildman–Crippen MR) is 52.3 cm³/mol. The lowest BCUT2D eigenvalue weighted by atomic mass is 10.3. The first kappa shape index (κ1) is 10.2. The van der Waals surface area contributed by atoms with Gasteiger partial charge in [-0.3, -0.25) is 10.4 Å².